The van der Waals surface area contributed by atoms with Crippen LogP contribution in [0.3, 0.4) is 0 Å². The van der Waals surface area contributed by atoms with Gasteiger partial charge < -0.3 is 15.0 Å². The zero-order valence-corrected chi connectivity index (χ0v) is 15.6. The summed E-state index contributed by atoms with van der Waals surface area (Å²) >= 11 is -1.26. The fourth-order valence-electron chi connectivity index (χ4n) is 2.38. The van der Waals surface area contributed by atoms with Gasteiger partial charge in [-0.3, -0.25) is 19.1 Å². The van der Waals surface area contributed by atoms with Crippen molar-refractivity contribution in [3.8, 4) is 0 Å². The molecule has 144 valence electrons. The molecule has 0 fully saturated rings. The molecule has 0 aliphatic carbocycles. The fraction of sp³-hybridized carbons (Fsp3) is 0.278. The highest BCUT2D eigenvalue weighted by Crippen LogP contribution is 2.07. The highest BCUT2D eigenvalue weighted by molar-refractivity contribution is 7.90. The van der Waals surface area contributed by atoms with Gasteiger partial charge in [-0.15, -0.1) is 0 Å². The molecule has 27 heavy (non-hydrogen) atoms. The van der Waals surface area contributed by atoms with Crippen molar-refractivity contribution in [2.24, 2.45) is 0 Å². The van der Waals surface area contributed by atoms with E-state index in [-0.39, 0.29) is 12.4 Å². The van der Waals surface area contributed by atoms with E-state index in [2.05, 4.69) is 10.3 Å². The number of aliphatic hydroxyl groups is 1. The molecule has 1 heterocycles. The first-order valence-electron chi connectivity index (χ1n) is 8.20. The smallest absolute Gasteiger partial charge is 0.332 e. The number of aromatic amines is 1. The number of aliphatic hydroxyl groups excluding tert-OH is 1. The summed E-state index contributed by atoms with van der Waals surface area (Å²) in [7, 11) is 0. The minimum atomic E-state index is -1.26. The number of rotatable bonds is 8. The van der Waals surface area contributed by atoms with E-state index in [9.17, 15) is 24.0 Å². The molecule has 9 heteroatoms. The van der Waals surface area contributed by atoms with Gasteiger partial charge in [0.25, 0.3) is 5.56 Å². The Balaban J connectivity index is 1.94. The van der Waals surface area contributed by atoms with Crippen LogP contribution in [0.25, 0.3) is 6.20 Å². The molecule has 0 aliphatic heterocycles. The second kappa shape index (κ2) is 9.91. The van der Waals surface area contributed by atoms with Crippen LogP contribution in [0.2, 0.25) is 0 Å². The van der Waals surface area contributed by atoms with Crippen LogP contribution < -0.4 is 16.6 Å². The third-order valence-corrected chi connectivity index (χ3v) is 5.10. The Bertz CT molecular complexity index is 907. The Morgan fingerprint density at radius 2 is 2.07 bits per heavy atom. The zero-order chi connectivity index (χ0) is 19.8. The Morgan fingerprint density at radius 1 is 1.37 bits per heavy atom. The third-order valence-electron chi connectivity index (χ3n) is 3.67. The topological polar surface area (TPSA) is 127 Å². The van der Waals surface area contributed by atoms with Crippen LogP contribution in [0.15, 0.2) is 52.1 Å². The number of carbonyl (C=O) groups is 1. The lowest BCUT2D eigenvalue weighted by atomic mass is 10.2. The molecule has 0 saturated heterocycles. The van der Waals surface area contributed by atoms with Gasteiger partial charge >= 0.3 is 5.69 Å². The standard InChI is InChI=1S/C18H21N3O5S/c1-13-9-17(24)20-18(25)21(13)8-7-16(23)19-15(10-22)12-27(26)11-14-5-3-2-4-6-14/h2-9,15,22H,10-12H2,1H3,(H,19,23)(H,20,24,25). The van der Waals surface area contributed by atoms with E-state index in [1.54, 1.807) is 6.92 Å². The molecule has 0 aliphatic rings. The molecular weight excluding hydrogens is 370 g/mol. The molecule has 2 unspecified atom stereocenters. The zero-order valence-electron chi connectivity index (χ0n) is 14.8. The molecule has 2 rings (SSSR count). The van der Waals surface area contributed by atoms with Gasteiger partial charge in [0, 0.05) is 29.6 Å². The Hall–Kier alpha value is -2.62. The largest absolute Gasteiger partial charge is 0.616 e. The number of H-pyrrole nitrogens is 1. The molecule has 1 aromatic heterocycles. The van der Waals surface area contributed by atoms with Crippen LogP contribution in [-0.4, -0.2) is 43.5 Å². The Kier molecular flexibility index (Phi) is 7.59. The number of carbonyl (C=O) groups excluding carboxylic acids is 1. The molecule has 0 spiro atoms. The predicted molar refractivity (Wildman–Crippen MR) is 104 cm³/mol. The van der Waals surface area contributed by atoms with Crippen LogP contribution in [-0.2, 0) is 21.7 Å². The number of amides is 1. The third kappa shape index (κ3) is 6.55. The minimum absolute atomic E-state index is 0.0998. The van der Waals surface area contributed by atoms with Crippen LogP contribution in [0.4, 0.5) is 0 Å². The number of aryl methyl sites for hydroxylation is 1. The quantitative estimate of drug-likeness (QED) is 0.422. The number of aromatic nitrogens is 2. The van der Waals surface area contributed by atoms with Gasteiger partial charge in [0.15, 0.2) is 0 Å². The maximum atomic E-state index is 12.2. The summed E-state index contributed by atoms with van der Waals surface area (Å²) in [6.07, 6.45) is 2.33. The van der Waals surface area contributed by atoms with Gasteiger partial charge in [-0.05, 0) is 18.1 Å². The van der Waals surface area contributed by atoms with E-state index in [1.165, 1.54) is 12.3 Å². The molecule has 8 nitrogen and oxygen atoms in total. The highest BCUT2D eigenvalue weighted by atomic mass is 32.2. The fourth-order valence-corrected chi connectivity index (χ4v) is 3.70. The SMILES string of the molecule is Cc1cc(=O)[nH]c(=O)n1C=CC(=O)NC(CO)C[S+]([O-])Cc1ccccc1. The molecule has 0 bridgehead atoms. The number of benzene rings is 1. The van der Waals surface area contributed by atoms with Crippen molar-refractivity contribution >= 4 is 23.3 Å². The minimum Gasteiger partial charge on any atom is -0.616 e. The lowest BCUT2D eigenvalue weighted by Gasteiger charge is -2.18. The summed E-state index contributed by atoms with van der Waals surface area (Å²) in [6, 6.07) is 9.83. The number of nitrogens with zero attached hydrogens (tertiary/aromatic N) is 1. The van der Waals surface area contributed by atoms with Crippen LogP contribution >= 0.6 is 0 Å². The molecule has 2 aromatic rings. The molecule has 0 saturated carbocycles. The summed E-state index contributed by atoms with van der Waals surface area (Å²) in [5, 5.41) is 12.0. The second-order valence-corrected chi connectivity index (χ2v) is 7.39. The van der Waals surface area contributed by atoms with Crippen molar-refractivity contribution in [3.05, 3.63) is 74.6 Å². The summed E-state index contributed by atoms with van der Waals surface area (Å²) in [4.78, 5) is 37.0. The lowest BCUT2D eigenvalue weighted by Crippen LogP contribution is -2.42. The number of hydrogen-bond donors (Lipinski definition) is 3. The summed E-state index contributed by atoms with van der Waals surface area (Å²) in [5.74, 6) is -0.124. The van der Waals surface area contributed by atoms with E-state index in [0.29, 0.717) is 11.4 Å². The summed E-state index contributed by atoms with van der Waals surface area (Å²) < 4.78 is 13.3. The first-order valence-corrected chi connectivity index (χ1v) is 9.68. The van der Waals surface area contributed by atoms with E-state index in [4.69, 9.17) is 0 Å². The van der Waals surface area contributed by atoms with Crippen LogP contribution in [0, 0.1) is 6.92 Å². The van der Waals surface area contributed by atoms with Crippen molar-refractivity contribution in [3.63, 3.8) is 0 Å². The van der Waals surface area contributed by atoms with Crippen molar-refractivity contribution in [2.45, 2.75) is 18.7 Å². The molecule has 1 aromatic carbocycles. The van der Waals surface area contributed by atoms with E-state index in [1.807, 2.05) is 30.3 Å². The van der Waals surface area contributed by atoms with Crippen molar-refractivity contribution in [2.75, 3.05) is 12.4 Å². The van der Waals surface area contributed by atoms with Crippen LogP contribution in [0.5, 0.6) is 0 Å². The van der Waals surface area contributed by atoms with Gasteiger partial charge in [0.05, 0.1) is 12.6 Å². The van der Waals surface area contributed by atoms with Crippen molar-refractivity contribution < 1.29 is 14.5 Å². The van der Waals surface area contributed by atoms with E-state index in [0.717, 1.165) is 16.2 Å². The van der Waals surface area contributed by atoms with Gasteiger partial charge in [-0.1, -0.05) is 30.3 Å². The average Bonchev–Trinajstić information content (AvgIpc) is 2.61. The maximum Gasteiger partial charge on any atom is 0.332 e. The molecule has 3 N–H and O–H groups in total. The van der Waals surface area contributed by atoms with Gasteiger partial charge in [0.1, 0.15) is 11.5 Å². The number of nitrogens with one attached hydrogen (secondary N) is 2. The molecule has 2 atom stereocenters. The summed E-state index contributed by atoms with van der Waals surface area (Å²) in [6.45, 7) is 1.19. The Morgan fingerprint density at radius 3 is 2.70 bits per heavy atom. The van der Waals surface area contributed by atoms with Crippen LogP contribution in [0.1, 0.15) is 11.3 Å². The lowest BCUT2D eigenvalue weighted by molar-refractivity contribution is -0.117. The number of hydrogen-bond acceptors (Lipinski definition) is 5. The molecule has 0 radical (unpaired) electrons. The first-order chi connectivity index (χ1) is 12.9. The normalized spacial score (nSPS) is 13.4. The monoisotopic (exact) mass is 391 g/mol. The Labute approximate surface area is 158 Å². The average molecular weight is 391 g/mol. The summed E-state index contributed by atoms with van der Waals surface area (Å²) in [5.41, 5.74) is 0.0988. The first kappa shape index (κ1) is 20.7. The van der Waals surface area contributed by atoms with Gasteiger partial charge in [-0.25, -0.2) is 4.79 Å². The molecular formula is C18H21N3O5S. The van der Waals surface area contributed by atoms with Gasteiger partial charge in [0.2, 0.25) is 5.91 Å². The predicted octanol–water partition coefficient (Wildman–Crippen LogP) is -0.258. The van der Waals surface area contributed by atoms with Crippen molar-refractivity contribution in [1.29, 1.82) is 0 Å². The highest BCUT2D eigenvalue weighted by Gasteiger charge is 2.18. The maximum absolute atomic E-state index is 12.2. The second-order valence-electron chi connectivity index (χ2n) is 5.89. The van der Waals surface area contributed by atoms with E-state index < -0.39 is 34.4 Å². The van der Waals surface area contributed by atoms with Gasteiger partial charge in [-0.2, -0.15) is 0 Å². The van der Waals surface area contributed by atoms with Crippen molar-refractivity contribution in [1.82, 2.24) is 14.9 Å². The van der Waals surface area contributed by atoms with E-state index >= 15 is 0 Å². The molecule has 1 amide bonds.